The highest BCUT2D eigenvalue weighted by Crippen LogP contribution is 2.29. The van der Waals surface area contributed by atoms with Crippen molar-refractivity contribution < 1.29 is 12.6 Å². The van der Waals surface area contributed by atoms with E-state index in [4.69, 9.17) is 4.18 Å². The molecule has 0 aliphatic carbocycles. The predicted molar refractivity (Wildman–Crippen MR) is 87.7 cm³/mol. The zero-order chi connectivity index (χ0) is 16.4. The van der Waals surface area contributed by atoms with Crippen molar-refractivity contribution in [3.8, 4) is 11.8 Å². The molecule has 4 nitrogen and oxygen atoms in total. The van der Waals surface area contributed by atoms with Gasteiger partial charge in [-0.05, 0) is 30.5 Å². The molecular formula is C18H13NO3S. The lowest BCUT2D eigenvalue weighted by atomic mass is 10.0. The van der Waals surface area contributed by atoms with Crippen LogP contribution in [-0.4, -0.2) is 8.42 Å². The normalized spacial score (nSPS) is 11.1. The van der Waals surface area contributed by atoms with Crippen LogP contribution in [0.1, 0.15) is 11.1 Å². The Balaban J connectivity index is 2.08. The molecule has 0 N–H and O–H groups in total. The SMILES string of the molecule is Cc1ccc(S(=O)(=O)Oc2ccc3ccccc3c2C#N)cc1. The Kier molecular flexibility index (Phi) is 3.77. The number of benzene rings is 3. The number of rotatable bonds is 3. The molecule has 3 aromatic rings. The van der Waals surface area contributed by atoms with Crippen molar-refractivity contribution in [3.05, 3.63) is 71.8 Å². The standard InChI is InChI=1S/C18H13NO3S/c1-13-6-9-15(10-7-13)23(20,21)22-18-11-8-14-4-2-3-5-16(14)17(18)12-19/h2-11H,1H3. The second-order valence-electron chi connectivity index (χ2n) is 5.12. The Morgan fingerprint density at radius 2 is 1.65 bits per heavy atom. The third-order valence-corrected chi connectivity index (χ3v) is 4.76. The van der Waals surface area contributed by atoms with Crippen LogP contribution in [0.15, 0.2) is 65.6 Å². The minimum absolute atomic E-state index is 0.0341. The fourth-order valence-electron chi connectivity index (χ4n) is 2.31. The van der Waals surface area contributed by atoms with Gasteiger partial charge < -0.3 is 4.18 Å². The number of fused-ring (bicyclic) bond motifs is 1. The summed E-state index contributed by atoms with van der Waals surface area (Å²) in [6.07, 6.45) is 0. The topological polar surface area (TPSA) is 67.2 Å². The van der Waals surface area contributed by atoms with E-state index in [0.29, 0.717) is 5.39 Å². The van der Waals surface area contributed by atoms with E-state index in [1.165, 1.54) is 18.2 Å². The molecule has 114 valence electrons. The molecule has 0 fully saturated rings. The van der Waals surface area contributed by atoms with Gasteiger partial charge in [0.25, 0.3) is 0 Å². The number of hydrogen-bond donors (Lipinski definition) is 0. The Hall–Kier alpha value is -2.84. The quantitative estimate of drug-likeness (QED) is 0.688. The monoisotopic (exact) mass is 323 g/mol. The second-order valence-corrected chi connectivity index (χ2v) is 6.67. The van der Waals surface area contributed by atoms with Gasteiger partial charge in [0.1, 0.15) is 16.5 Å². The van der Waals surface area contributed by atoms with Gasteiger partial charge in [0.2, 0.25) is 0 Å². The Morgan fingerprint density at radius 3 is 2.35 bits per heavy atom. The fourth-order valence-corrected chi connectivity index (χ4v) is 3.25. The van der Waals surface area contributed by atoms with Crippen LogP contribution < -0.4 is 4.18 Å². The van der Waals surface area contributed by atoms with E-state index in [-0.39, 0.29) is 16.2 Å². The molecule has 0 aliphatic rings. The maximum Gasteiger partial charge on any atom is 0.339 e. The highest BCUT2D eigenvalue weighted by molar-refractivity contribution is 7.87. The van der Waals surface area contributed by atoms with Gasteiger partial charge in [0.05, 0.1) is 0 Å². The van der Waals surface area contributed by atoms with Crippen LogP contribution in [0.4, 0.5) is 0 Å². The summed E-state index contributed by atoms with van der Waals surface area (Å²) in [5, 5.41) is 10.9. The van der Waals surface area contributed by atoms with Crippen LogP contribution in [-0.2, 0) is 10.1 Å². The lowest BCUT2D eigenvalue weighted by Crippen LogP contribution is -2.10. The highest BCUT2D eigenvalue weighted by atomic mass is 32.2. The lowest BCUT2D eigenvalue weighted by molar-refractivity contribution is 0.485. The van der Waals surface area contributed by atoms with E-state index in [1.807, 2.05) is 25.1 Å². The minimum atomic E-state index is -3.98. The molecule has 0 unspecified atom stereocenters. The van der Waals surface area contributed by atoms with E-state index in [1.54, 1.807) is 30.3 Å². The zero-order valence-corrected chi connectivity index (χ0v) is 13.2. The molecule has 0 saturated carbocycles. The van der Waals surface area contributed by atoms with Gasteiger partial charge in [-0.1, -0.05) is 48.0 Å². The van der Waals surface area contributed by atoms with Gasteiger partial charge >= 0.3 is 10.1 Å². The molecule has 0 aliphatic heterocycles. The van der Waals surface area contributed by atoms with Crippen LogP contribution in [0, 0.1) is 18.3 Å². The van der Waals surface area contributed by atoms with E-state index >= 15 is 0 Å². The number of aryl methyl sites for hydroxylation is 1. The number of nitrogens with zero attached hydrogens (tertiary/aromatic N) is 1. The number of hydrogen-bond acceptors (Lipinski definition) is 4. The highest BCUT2D eigenvalue weighted by Gasteiger charge is 2.19. The Bertz CT molecular complexity index is 1020. The van der Waals surface area contributed by atoms with Crippen LogP contribution in [0.25, 0.3) is 10.8 Å². The third kappa shape index (κ3) is 2.89. The smallest absolute Gasteiger partial charge is 0.339 e. The van der Waals surface area contributed by atoms with E-state index in [9.17, 15) is 13.7 Å². The summed E-state index contributed by atoms with van der Waals surface area (Å²) in [6, 6.07) is 18.9. The molecule has 3 rings (SSSR count). The van der Waals surface area contributed by atoms with Gasteiger partial charge in [-0.15, -0.1) is 0 Å². The largest absolute Gasteiger partial charge is 0.378 e. The molecule has 23 heavy (non-hydrogen) atoms. The average molecular weight is 323 g/mol. The van der Waals surface area contributed by atoms with E-state index in [0.717, 1.165) is 10.9 Å². The molecular weight excluding hydrogens is 310 g/mol. The molecule has 0 saturated heterocycles. The summed E-state index contributed by atoms with van der Waals surface area (Å²) in [7, 11) is -3.98. The molecule has 3 aromatic carbocycles. The van der Waals surface area contributed by atoms with Crippen molar-refractivity contribution in [2.24, 2.45) is 0 Å². The third-order valence-electron chi connectivity index (χ3n) is 3.51. The van der Waals surface area contributed by atoms with Crippen LogP contribution in [0.3, 0.4) is 0 Å². The molecule has 0 spiro atoms. The molecule has 5 heteroatoms. The molecule has 0 aromatic heterocycles. The van der Waals surface area contributed by atoms with Crippen molar-refractivity contribution >= 4 is 20.9 Å². The minimum Gasteiger partial charge on any atom is -0.378 e. The van der Waals surface area contributed by atoms with Crippen molar-refractivity contribution in [1.29, 1.82) is 5.26 Å². The van der Waals surface area contributed by atoms with Gasteiger partial charge in [0, 0.05) is 5.39 Å². The van der Waals surface area contributed by atoms with Crippen molar-refractivity contribution in [1.82, 2.24) is 0 Å². The van der Waals surface area contributed by atoms with Crippen molar-refractivity contribution in [2.45, 2.75) is 11.8 Å². The van der Waals surface area contributed by atoms with Crippen molar-refractivity contribution in [3.63, 3.8) is 0 Å². The fraction of sp³-hybridized carbons (Fsp3) is 0.0556. The summed E-state index contributed by atoms with van der Waals surface area (Å²) in [5.74, 6) is 0.0341. The first-order valence-electron chi connectivity index (χ1n) is 6.94. The Morgan fingerprint density at radius 1 is 0.957 bits per heavy atom. The van der Waals surface area contributed by atoms with Crippen molar-refractivity contribution in [2.75, 3.05) is 0 Å². The summed E-state index contributed by atoms with van der Waals surface area (Å²) in [4.78, 5) is 0.0557. The summed E-state index contributed by atoms with van der Waals surface area (Å²) < 4.78 is 30.0. The summed E-state index contributed by atoms with van der Waals surface area (Å²) in [6.45, 7) is 1.87. The molecule has 0 amide bonds. The van der Waals surface area contributed by atoms with Gasteiger partial charge in [-0.25, -0.2) is 0 Å². The van der Waals surface area contributed by atoms with Crippen LogP contribution in [0.5, 0.6) is 5.75 Å². The van der Waals surface area contributed by atoms with Gasteiger partial charge in [-0.3, -0.25) is 0 Å². The molecule has 0 radical (unpaired) electrons. The molecule has 0 atom stereocenters. The molecule has 0 heterocycles. The second kappa shape index (κ2) is 5.75. The van der Waals surface area contributed by atoms with Crippen LogP contribution in [0.2, 0.25) is 0 Å². The first-order chi connectivity index (χ1) is 11.0. The van der Waals surface area contributed by atoms with Crippen LogP contribution >= 0.6 is 0 Å². The van der Waals surface area contributed by atoms with E-state index < -0.39 is 10.1 Å². The zero-order valence-electron chi connectivity index (χ0n) is 12.4. The lowest BCUT2D eigenvalue weighted by Gasteiger charge is -2.10. The number of nitriles is 1. The Labute approximate surface area is 134 Å². The van der Waals surface area contributed by atoms with E-state index in [2.05, 4.69) is 0 Å². The first kappa shape index (κ1) is 15.1. The predicted octanol–water partition coefficient (Wildman–Crippen LogP) is 3.79. The first-order valence-corrected chi connectivity index (χ1v) is 8.35. The van der Waals surface area contributed by atoms with Gasteiger partial charge in [-0.2, -0.15) is 13.7 Å². The van der Waals surface area contributed by atoms with Gasteiger partial charge in [0.15, 0.2) is 5.75 Å². The maximum absolute atomic E-state index is 12.4. The summed E-state index contributed by atoms with van der Waals surface area (Å²) in [5.41, 5.74) is 1.16. The molecule has 0 bridgehead atoms. The average Bonchev–Trinajstić information content (AvgIpc) is 2.55. The maximum atomic E-state index is 12.4. The summed E-state index contributed by atoms with van der Waals surface area (Å²) >= 11 is 0.